The third kappa shape index (κ3) is 3.93. The molecule has 1 saturated heterocycles. The van der Waals surface area contributed by atoms with E-state index in [2.05, 4.69) is 5.32 Å². The maximum Gasteiger partial charge on any atom is 0.311 e. The predicted octanol–water partition coefficient (Wildman–Crippen LogP) is -0.151. The molecule has 0 aromatic rings. The Morgan fingerprint density at radius 3 is 2.55 bits per heavy atom. The lowest BCUT2D eigenvalue weighted by atomic mass is 10.0. The number of hydrogen-bond acceptors (Lipinski definition) is 4. The lowest BCUT2D eigenvalue weighted by Crippen LogP contribution is -2.53. The number of carbonyl (C=O) groups is 3. The van der Waals surface area contributed by atoms with Crippen LogP contribution in [0, 0.1) is 5.92 Å². The third-order valence-corrected chi connectivity index (χ3v) is 3.31. The summed E-state index contributed by atoms with van der Waals surface area (Å²) in [7, 11) is 0. The first-order valence-electron chi connectivity index (χ1n) is 6.76. The molecule has 0 bridgehead atoms. The van der Waals surface area contributed by atoms with Gasteiger partial charge in [0, 0.05) is 13.5 Å². The zero-order valence-corrected chi connectivity index (χ0v) is 12.1. The van der Waals surface area contributed by atoms with Gasteiger partial charge in [0.05, 0.1) is 19.3 Å². The molecule has 0 radical (unpaired) electrons. The highest BCUT2D eigenvalue weighted by Crippen LogP contribution is 2.21. The van der Waals surface area contributed by atoms with Crippen LogP contribution in [0.25, 0.3) is 0 Å². The van der Waals surface area contributed by atoms with Crippen LogP contribution < -0.4 is 5.32 Å². The number of carbonyl (C=O) groups excluding carboxylic acids is 2. The van der Waals surface area contributed by atoms with Gasteiger partial charge in [0.1, 0.15) is 12.0 Å². The molecule has 1 rings (SSSR count). The van der Waals surface area contributed by atoms with E-state index >= 15 is 0 Å². The van der Waals surface area contributed by atoms with Gasteiger partial charge in [0.25, 0.3) is 0 Å². The van der Waals surface area contributed by atoms with E-state index in [0.717, 1.165) is 0 Å². The molecule has 2 N–H and O–H groups in total. The smallest absolute Gasteiger partial charge is 0.311 e. The molecule has 1 heterocycles. The van der Waals surface area contributed by atoms with Crippen molar-refractivity contribution in [3.8, 4) is 0 Å². The highest BCUT2D eigenvalue weighted by atomic mass is 16.5. The van der Waals surface area contributed by atoms with Gasteiger partial charge < -0.3 is 20.1 Å². The molecule has 1 fully saturated rings. The van der Waals surface area contributed by atoms with E-state index in [4.69, 9.17) is 4.74 Å². The minimum Gasteiger partial charge on any atom is -0.481 e. The van der Waals surface area contributed by atoms with E-state index in [0.29, 0.717) is 13.0 Å². The Kier molecular flexibility index (Phi) is 5.94. The number of nitrogens with zero attached hydrogens (tertiary/aromatic N) is 1. The number of ether oxygens (including phenoxy) is 1. The van der Waals surface area contributed by atoms with Crippen molar-refractivity contribution in [3.63, 3.8) is 0 Å². The fourth-order valence-electron chi connectivity index (χ4n) is 2.38. The van der Waals surface area contributed by atoms with Crippen LogP contribution in [0.5, 0.6) is 0 Å². The molecule has 2 amide bonds. The predicted molar refractivity (Wildman–Crippen MR) is 71.0 cm³/mol. The first-order valence-corrected chi connectivity index (χ1v) is 6.76. The van der Waals surface area contributed by atoms with Gasteiger partial charge in [-0.25, -0.2) is 0 Å². The first kappa shape index (κ1) is 16.4. The third-order valence-electron chi connectivity index (χ3n) is 3.31. The molecular formula is C13H22N2O5. The minimum atomic E-state index is -0.964. The van der Waals surface area contributed by atoms with E-state index in [9.17, 15) is 19.5 Å². The summed E-state index contributed by atoms with van der Waals surface area (Å²) in [5, 5.41) is 11.7. The van der Waals surface area contributed by atoms with Crippen molar-refractivity contribution in [2.75, 3.05) is 19.8 Å². The number of nitrogens with one attached hydrogen (secondary N) is 1. The summed E-state index contributed by atoms with van der Waals surface area (Å²) in [6.45, 7) is 5.62. The lowest BCUT2D eigenvalue weighted by Gasteiger charge is -2.32. The van der Waals surface area contributed by atoms with Crippen LogP contribution in [0.2, 0.25) is 0 Å². The summed E-state index contributed by atoms with van der Waals surface area (Å²) in [4.78, 5) is 36.1. The lowest BCUT2D eigenvalue weighted by molar-refractivity contribution is -0.146. The zero-order chi connectivity index (χ0) is 15.3. The number of rotatable bonds is 6. The molecule has 1 aliphatic heterocycles. The molecule has 3 unspecified atom stereocenters. The molecule has 1 aliphatic rings. The summed E-state index contributed by atoms with van der Waals surface area (Å²) >= 11 is 0. The molecule has 7 heteroatoms. The van der Waals surface area contributed by atoms with Crippen LogP contribution in [0.1, 0.15) is 27.2 Å². The van der Waals surface area contributed by atoms with Gasteiger partial charge in [-0.05, 0) is 13.3 Å². The molecule has 0 aromatic carbocycles. The van der Waals surface area contributed by atoms with E-state index in [1.54, 1.807) is 6.92 Å². The maximum atomic E-state index is 12.4. The second kappa shape index (κ2) is 7.23. The van der Waals surface area contributed by atoms with Gasteiger partial charge in [-0.3, -0.25) is 14.4 Å². The van der Waals surface area contributed by atoms with E-state index in [1.165, 1.54) is 11.8 Å². The molecule has 7 nitrogen and oxygen atoms in total. The SMILES string of the molecule is CCCN(C(=O)C(C)NC(C)=O)C1COCC1C(=O)O. The van der Waals surface area contributed by atoms with Gasteiger partial charge in [-0.1, -0.05) is 6.92 Å². The Balaban J connectivity index is 2.84. The highest BCUT2D eigenvalue weighted by Gasteiger charge is 2.40. The van der Waals surface area contributed by atoms with Gasteiger partial charge in [-0.15, -0.1) is 0 Å². The van der Waals surface area contributed by atoms with Crippen molar-refractivity contribution in [1.82, 2.24) is 10.2 Å². The van der Waals surface area contributed by atoms with Crippen LogP contribution in [0.3, 0.4) is 0 Å². The van der Waals surface area contributed by atoms with Gasteiger partial charge in [0.15, 0.2) is 0 Å². The summed E-state index contributed by atoms with van der Waals surface area (Å²) in [6, 6.07) is -1.15. The van der Waals surface area contributed by atoms with Gasteiger partial charge >= 0.3 is 5.97 Å². The average molecular weight is 286 g/mol. The van der Waals surface area contributed by atoms with Crippen LogP contribution in [0.15, 0.2) is 0 Å². The Morgan fingerprint density at radius 2 is 2.05 bits per heavy atom. The normalized spacial score (nSPS) is 23.1. The van der Waals surface area contributed by atoms with E-state index in [-0.39, 0.29) is 25.0 Å². The summed E-state index contributed by atoms with van der Waals surface area (Å²) in [6.07, 6.45) is 0.710. The van der Waals surface area contributed by atoms with Crippen molar-refractivity contribution in [2.24, 2.45) is 5.92 Å². The van der Waals surface area contributed by atoms with Gasteiger partial charge in [0.2, 0.25) is 11.8 Å². The topological polar surface area (TPSA) is 95.9 Å². The molecule has 3 atom stereocenters. The number of hydrogen-bond donors (Lipinski definition) is 2. The Bertz CT molecular complexity index is 385. The van der Waals surface area contributed by atoms with Crippen LogP contribution in [-0.2, 0) is 19.1 Å². The molecule has 114 valence electrons. The summed E-state index contributed by atoms with van der Waals surface area (Å²) in [5.41, 5.74) is 0. The Morgan fingerprint density at radius 1 is 1.40 bits per heavy atom. The fourth-order valence-corrected chi connectivity index (χ4v) is 2.38. The van der Waals surface area contributed by atoms with E-state index in [1.807, 2.05) is 6.92 Å². The molecule has 0 saturated carbocycles. The highest BCUT2D eigenvalue weighted by molar-refractivity contribution is 5.87. The Hall–Kier alpha value is -1.63. The number of carboxylic acids is 1. The second-order valence-electron chi connectivity index (χ2n) is 5.00. The Labute approximate surface area is 118 Å². The quantitative estimate of drug-likeness (QED) is 0.708. The average Bonchev–Trinajstić information content (AvgIpc) is 2.83. The molecule has 0 aliphatic carbocycles. The molecule has 0 spiro atoms. The maximum absolute atomic E-state index is 12.4. The standard InChI is InChI=1S/C13H22N2O5/c1-4-5-15(12(17)8(2)14-9(3)16)11-7-20-6-10(11)13(18)19/h8,10-11H,4-7H2,1-3H3,(H,14,16)(H,18,19). The number of aliphatic carboxylic acids is 1. The van der Waals surface area contributed by atoms with Crippen molar-refractivity contribution >= 4 is 17.8 Å². The molecule has 0 aromatic heterocycles. The van der Waals surface area contributed by atoms with Crippen molar-refractivity contribution in [2.45, 2.75) is 39.3 Å². The first-order chi connectivity index (χ1) is 9.38. The summed E-state index contributed by atoms with van der Waals surface area (Å²) < 4.78 is 5.21. The van der Waals surface area contributed by atoms with Crippen molar-refractivity contribution < 1.29 is 24.2 Å². The van der Waals surface area contributed by atoms with Crippen molar-refractivity contribution in [1.29, 1.82) is 0 Å². The van der Waals surface area contributed by atoms with Crippen molar-refractivity contribution in [3.05, 3.63) is 0 Å². The van der Waals surface area contributed by atoms with Gasteiger partial charge in [-0.2, -0.15) is 0 Å². The fraction of sp³-hybridized carbons (Fsp3) is 0.769. The van der Waals surface area contributed by atoms with Crippen LogP contribution in [-0.4, -0.2) is 59.6 Å². The molecule has 20 heavy (non-hydrogen) atoms. The zero-order valence-electron chi connectivity index (χ0n) is 12.1. The monoisotopic (exact) mass is 286 g/mol. The molecular weight excluding hydrogens is 264 g/mol. The number of carboxylic acid groups (broad SMARTS) is 1. The summed E-state index contributed by atoms with van der Waals surface area (Å²) in [5.74, 6) is -2.24. The second-order valence-corrected chi connectivity index (χ2v) is 5.00. The van der Waals surface area contributed by atoms with Crippen LogP contribution in [0.4, 0.5) is 0 Å². The largest absolute Gasteiger partial charge is 0.481 e. The van der Waals surface area contributed by atoms with E-state index < -0.39 is 24.0 Å². The van der Waals surface area contributed by atoms with Crippen LogP contribution >= 0.6 is 0 Å². The number of amides is 2. The minimum absolute atomic E-state index is 0.113.